The third kappa shape index (κ3) is 4.09. The Morgan fingerprint density at radius 2 is 1.88 bits per heavy atom. The van der Waals surface area contributed by atoms with Gasteiger partial charge in [-0.2, -0.15) is 0 Å². The van der Waals surface area contributed by atoms with Crippen LogP contribution in [0.15, 0.2) is 24.3 Å². The minimum absolute atomic E-state index is 0.719. The number of nitrogens with zero attached hydrogens (tertiary/aromatic N) is 2. The zero-order chi connectivity index (χ0) is 12.3. The summed E-state index contributed by atoms with van der Waals surface area (Å²) in [6, 6.07) is 8.89. The van der Waals surface area contributed by atoms with Crippen molar-refractivity contribution >= 4 is 34.5 Å². The number of hydrogen-bond donors (Lipinski definition) is 0. The Morgan fingerprint density at radius 1 is 1.29 bits per heavy atom. The zero-order valence-corrected chi connectivity index (χ0v) is 13.0. The van der Waals surface area contributed by atoms with E-state index in [2.05, 4.69) is 50.1 Å². The van der Waals surface area contributed by atoms with Crippen LogP contribution in [0.4, 0.5) is 0 Å². The summed E-state index contributed by atoms with van der Waals surface area (Å²) in [5.74, 6) is 0. The second-order valence-corrected chi connectivity index (χ2v) is 6.48. The second-order valence-electron chi connectivity index (χ2n) is 4.68. The highest BCUT2D eigenvalue weighted by atomic mass is 127. The quantitative estimate of drug-likeness (QED) is 0.597. The molecule has 0 radical (unpaired) electrons. The summed E-state index contributed by atoms with van der Waals surface area (Å²) in [7, 11) is 2.22. The van der Waals surface area contributed by atoms with E-state index in [1.165, 1.54) is 31.5 Å². The molecule has 0 aromatic heterocycles. The molecule has 0 atom stereocenters. The van der Waals surface area contributed by atoms with Gasteiger partial charge >= 0.3 is 0 Å². The molecule has 2 rings (SSSR count). The lowest BCUT2D eigenvalue weighted by Crippen LogP contribution is -2.39. The van der Waals surface area contributed by atoms with Gasteiger partial charge in [0, 0.05) is 53.6 Å². The van der Waals surface area contributed by atoms with Crippen molar-refractivity contribution in [2.75, 3.05) is 20.1 Å². The van der Waals surface area contributed by atoms with E-state index in [4.69, 9.17) is 11.6 Å². The van der Waals surface area contributed by atoms with Crippen LogP contribution in [0.25, 0.3) is 0 Å². The molecule has 1 aromatic rings. The normalized spacial score (nSPS) is 18.8. The Bertz CT molecular complexity index is 347. The van der Waals surface area contributed by atoms with E-state index in [1.807, 2.05) is 12.1 Å². The van der Waals surface area contributed by atoms with Gasteiger partial charge in [0.15, 0.2) is 0 Å². The minimum atomic E-state index is 0.719. The first-order valence-electron chi connectivity index (χ1n) is 6.00. The van der Waals surface area contributed by atoms with Crippen LogP contribution in [0.1, 0.15) is 18.4 Å². The van der Waals surface area contributed by atoms with Gasteiger partial charge in [0.25, 0.3) is 0 Å². The highest BCUT2D eigenvalue weighted by Crippen LogP contribution is 2.20. The molecule has 1 aliphatic heterocycles. The molecule has 4 heteroatoms. The van der Waals surface area contributed by atoms with Crippen molar-refractivity contribution in [2.24, 2.45) is 0 Å². The van der Waals surface area contributed by atoms with E-state index >= 15 is 0 Å². The molecule has 2 nitrogen and oxygen atoms in total. The largest absolute Gasteiger partial charge is 0.299 e. The SMILES string of the molecule is CN(Cc1ccc(Cl)cc1)C1CCN(I)CC1. The van der Waals surface area contributed by atoms with E-state index < -0.39 is 0 Å². The van der Waals surface area contributed by atoms with E-state index in [0.717, 1.165) is 17.6 Å². The Labute approximate surface area is 122 Å². The topological polar surface area (TPSA) is 6.48 Å². The van der Waals surface area contributed by atoms with Crippen LogP contribution >= 0.6 is 34.5 Å². The van der Waals surface area contributed by atoms with Gasteiger partial charge in [-0.25, -0.2) is 3.11 Å². The summed E-state index contributed by atoms with van der Waals surface area (Å²) in [5.41, 5.74) is 1.34. The first-order valence-corrected chi connectivity index (χ1v) is 7.35. The van der Waals surface area contributed by atoms with Crippen molar-refractivity contribution in [2.45, 2.75) is 25.4 Å². The Kier molecular flexibility index (Phi) is 5.09. The van der Waals surface area contributed by atoms with Crippen molar-refractivity contribution in [3.05, 3.63) is 34.9 Å². The average molecular weight is 365 g/mol. The Hall–Kier alpha value is 0.160. The van der Waals surface area contributed by atoms with Crippen LogP contribution in [0.2, 0.25) is 5.02 Å². The minimum Gasteiger partial charge on any atom is -0.299 e. The smallest absolute Gasteiger partial charge is 0.0406 e. The van der Waals surface area contributed by atoms with Gasteiger partial charge < -0.3 is 0 Å². The summed E-state index contributed by atoms with van der Waals surface area (Å²) < 4.78 is 2.38. The molecular weight excluding hydrogens is 347 g/mol. The van der Waals surface area contributed by atoms with Crippen LogP contribution < -0.4 is 0 Å². The maximum absolute atomic E-state index is 5.89. The lowest BCUT2D eigenvalue weighted by atomic mass is 10.0. The predicted octanol–water partition coefficient (Wildman–Crippen LogP) is 3.59. The Morgan fingerprint density at radius 3 is 2.47 bits per heavy atom. The van der Waals surface area contributed by atoms with Crippen molar-refractivity contribution in [3.63, 3.8) is 0 Å². The number of piperidine rings is 1. The Balaban J connectivity index is 1.88. The zero-order valence-electron chi connectivity index (χ0n) is 10.1. The van der Waals surface area contributed by atoms with Crippen LogP contribution in [0.3, 0.4) is 0 Å². The molecule has 17 heavy (non-hydrogen) atoms. The number of halogens is 2. The first kappa shape index (κ1) is 13.6. The van der Waals surface area contributed by atoms with Gasteiger partial charge in [0.05, 0.1) is 0 Å². The third-order valence-electron chi connectivity index (χ3n) is 3.38. The molecule has 1 fully saturated rings. The van der Waals surface area contributed by atoms with Crippen LogP contribution in [-0.4, -0.2) is 34.2 Å². The fourth-order valence-electron chi connectivity index (χ4n) is 2.28. The number of hydrogen-bond acceptors (Lipinski definition) is 2. The lowest BCUT2D eigenvalue weighted by Gasteiger charge is -2.34. The van der Waals surface area contributed by atoms with E-state index in [1.54, 1.807) is 0 Å². The number of rotatable bonds is 3. The van der Waals surface area contributed by atoms with Gasteiger partial charge in [-0.1, -0.05) is 23.7 Å². The molecule has 0 aliphatic carbocycles. The van der Waals surface area contributed by atoms with Crippen molar-refractivity contribution in [1.82, 2.24) is 8.01 Å². The van der Waals surface area contributed by atoms with E-state index in [9.17, 15) is 0 Å². The van der Waals surface area contributed by atoms with Gasteiger partial charge in [-0.3, -0.25) is 4.90 Å². The van der Waals surface area contributed by atoms with Gasteiger partial charge in [0.2, 0.25) is 0 Å². The number of benzene rings is 1. The highest BCUT2D eigenvalue weighted by Gasteiger charge is 2.20. The fraction of sp³-hybridized carbons (Fsp3) is 0.538. The van der Waals surface area contributed by atoms with Gasteiger partial charge in [-0.15, -0.1) is 0 Å². The molecule has 0 unspecified atom stereocenters. The molecule has 0 N–H and O–H groups in total. The fourth-order valence-corrected chi connectivity index (χ4v) is 2.97. The molecule has 0 spiro atoms. The molecule has 0 amide bonds. The maximum Gasteiger partial charge on any atom is 0.0406 e. The summed E-state index contributed by atoms with van der Waals surface area (Å²) in [5, 5.41) is 0.814. The first-order chi connectivity index (χ1) is 8.15. The molecule has 1 heterocycles. The monoisotopic (exact) mass is 364 g/mol. The summed E-state index contributed by atoms with van der Waals surface area (Å²) in [4.78, 5) is 2.47. The van der Waals surface area contributed by atoms with Crippen molar-refractivity contribution in [1.29, 1.82) is 0 Å². The maximum atomic E-state index is 5.89. The molecule has 1 aromatic carbocycles. The molecular formula is C13H18ClIN2. The summed E-state index contributed by atoms with van der Waals surface area (Å²) in [6.45, 7) is 3.43. The van der Waals surface area contributed by atoms with Gasteiger partial charge in [-0.05, 0) is 37.6 Å². The van der Waals surface area contributed by atoms with Crippen molar-refractivity contribution < 1.29 is 0 Å². The van der Waals surface area contributed by atoms with Crippen LogP contribution in [0.5, 0.6) is 0 Å². The molecule has 94 valence electrons. The van der Waals surface area contributed by atoms with Crippen LogP contribution in [-0.2, 0) is 6.54 Å². The molecule has 0 bridgehead atoms. The third-order valence-corrected chi connectivity index (χ3v) is 4.60. The standard InChI is InChI=1S/C13H18ClIN2/c1-16(13-6-8-17(15)9-7-13)10-11-2-4-12(14)5-3-11/h2-5,13H,6-10H2,1H3. The summed E-state index contributed by atoms with van der Waals surface area (Å²) in [6.07, 6.45) is 2.54. The van der Waals surface area contributed by atoms with Crippen LogP contribution in [0, 0.1) is 0 Å². The summed E-state index contributed by atoms with van der Waals surface area (Å²) >= 11 is 8.31. The van der Waals surface area contributed by atoms with E-state index in [0.29, 0.717) is 0 Å². The van der Waals surface area contributed by atoms with Gasteiger partial charge in [0.1, 0.15) is 0 Å². The molecule has 1 saturated heterocycles. The van der Waals surface area contributed by atoms with Crippen molar-refractivity contribution in [3.8, 4) is 0 Å². The lowest BCUT2D eigenvalue weighted by molar-refractivity contribution is 0.172. The van der Waals surface area contributed by atoms with E-state index in [-0.39, 0.29) is 0 Å². The highest BCUT2D eigenvalue weighted by molar-refractivity contribution is 14.1. The molecule has 1 aliphatic rings. The predicted molar refractivity (Wildman–Crippen MR) is 81.5 cm³/mol. The average Bonchev–Trinajstić information content (AvgIpc) is 2.33. The second kappa shape index (κ2) is 6.36. The molecule has 0 saturated carbocycles.